The zero-order chi connectivity index (χ0) is 16.3. The molecule has 0 aliphatic heterocycles. The van der Waals surface area contributed by atoms with Crippen molar-refractivity contribution in [1.82, 2.24) is 0 Å². The first-order valence-electron chi connectivity index (χ1n) is 8.03. The van der Waals surface area contributed by atoms with E-state index in [1.807, 2.05) is 24.3 Å². The second-order valence-corrected chi connectivity index (χ2v) is 6.41. The lowest BCUT2D eigenvalue weighted by atomic mass is 10.1. The van der Waals surface area contributed by atoms with Crippen LogP contribution in [0.4, 0.5) is 0 Å². The Labute approximate surface area is 149 Å². The van der Waals surface area contributed by atoms with Gasteiger partial charge < -0.3 is 0 Å². The van der Waals surface area contributed by atoms with E-state index >= 15 is 0 Å². The molecule has 2 rings (SSSR count). The fourth-order valence-corrected chi connectivity index (χ4v) is 2.52. The fraction of sp³-hybridized carbons (Fsp3) is 0.238. The predicted molar refractivity (Wildman–Crippen MR) is 102 cm³/mol. The van der Waals surface area contributed by atoms with Gasteiger partial charge >= 0.3 is 0 Å². The lowest BCUT2D eigenvalue weighted by Gasteiger charge is -1.97. The maximum Gasteiger partial charge on any atom is 0.0406 e. The highest BCUT2D eigenvalue weighted by molar-refractivity contribution is 6.30. The van der Waals surface area contributed by atoms with Crippen LogP contribution in [0.3, 0.4) is 0 Å². The average molecular weight is 345 g/mol. The summed E-state index contributed by atoms with van der Waals surface area (Å²) in [7, 11) is 0. The van der Waals surface area contributed by atoms with Gasteiger partial charge in [-0.15, -0.1) is 0 Å². The summed E-state index contributed by atoms with van der Waals surface area (Å²) in [6, 6.07) is 16.1. The summed E-state index contributed by atoms with van der Waals surface area (Å²) in [5.41, 5.74) is 2.60. The van der Waals surface area contributed by atoms with Crippen molar-refractivity contribution in [2.45, 2.75) is 32.1 Å². The predicted octanol–water partition coefficient (Wildman–Crippen LogP) is 7.06. The standard InChI is InChI=1S/C21H22Cl2/c22-20-14-10-18(11-15-20)8-6-4-2-1-3-5-7-9-19-12-16-21(23)17-13-19/h4-7,10-17H,1-3,8-9H2/b6-4+,7-5+. The molecule has 23 heavy (non-hydrogen) atoms. The van der Waals surface area contributed by atoms with Crippen LogP contribution in [0.25, 0.3) is 0 Å². The van der Waals surface area contributed by atoms with Crippen molar-refractivity contribution >= 4 is 23.2 Å². The summed E-state index contributed by atoms with van der Waals surface area (Å²) in [6.45, 7) is 0. The number of unbranched alkanes of at least 4 members (excludes halogenated alkanes) is 2. The zero-order valence-corrected chi connectivity index (χ0v) is 14.7. The van der Waals surface area contributed by atoms with Gasteiger partial charge in [0.05, 0.1) is 0 Å². The van der Waals surface area contributed by atoms with Crippen LogP contribution in [-0.2, 0) is 12.8 Å². The Bertz CT molecular complexity index is 564. The van der Waals surface area contributed by atoms with Crippen LogP contribution in [-0.4, -0.2) is 0 Å². The highest BCUT2D eigenvalue weighted by Gasteiger charge is 1.91. The average Bonchev–Trinajstić information content (AvgIpc) is 2.56. The van der Waals surface area contributed by atoms with Crippen LogP contribution in [0.2, 0.25) is 10.0 Å². The van der Waals surface area contributed by atoms with Crippen molar-refractivity contribution in [1.29, 1.82) is 0 Å². The van der Waals surface area contributed by atoms with Crippen molar-refractivity contribution in [3.05, 3.63) is 94.0 Å². The molecule has 0 saturated heterocycles. The lowest BCUT2D eigenvalue weighted by Crippen LogP contribution is -1.80. The van der Waals surface area contributed by atoms with Crippen molar-refractivity contribution < 1.29 is 0 Å². The number of hydrogen-bond donors (Lipinski definition) is 0. The van der Waals surface area contributed by atoms with Crippen molar-refractivity contribution in [2.75, 3.05) is 0 Å². The molecule has 2 aromatic rings. The minimum absolute atomic E-state index is 0.795. The highest BCUT2D eigenvalue weighted by Crippen LogP contribution is 2.11. The van der Waals surface area contributed by atoms with Gasteiger partial charge in [0.2, 0.25) is 0 Å². The third kappa shape index (κ3) is 7.54. The molecule has 0 radical (unpaired) electrons. The molecule has 2 heteroatoms. The van der Waals surface area contributed by atoms with E-state index in [1.165, 1.54) is 17.5 Å². The Morgan fingerprint density at radius 2 is 0.957 bits per heavy atom. The van der Waals surface area contributed by atoms with Crippen LogP contribution < -0.4 is 0 Å². The first-order chi connectivity index (χ1) is 11.2. The third-order valence-corrected chi connectivity index (χ3v) is 4.11. The van der Waals surface area contributed by atoms with Crippen LogP contribution in [0.15, 0.2) is 72.8 Å². The number of benzene rings is 2. The molecule has 0 spiro atoms. The Balaban J connectivity index is 1.56. The Hall–Kier alpha value is -1.50. The number of allylic oxidation sites excluding steroid dienone is 4. The molecule has 0 atom stereocenters. The molecule has 0 amide bonds. The van der Waals surface area contributed by atoms with Gasteiger partial charge in [-0.1, -0.05) is 71.8 Å². The van der Waals surface area contributed by atoms with E-state index in [1.54, 1.807) is 0 Å². The molecular formula is C21H22Cl2. The van der Waals surface area contributed by atoms with Gasteiger partial charge in [-0.3, -0.25) is 0 Å². The second-order valence-electron chi connectivity index (χ2n) is 5.53. The lowest BCUT2D eigenvalue weighted by molar-refractivity contribution is 0.863. The van der Waals surface area contributed by atoms with Gasteiger partial charge in [0.15, 0.2) is 0 Å². The van der Waals surface area contributed by atoms with Crippen LogP contribution in [0.1, 0.15) is 30.4 Å². The summed E-state index contributed by atoms with van der Waals surface area (Å²) in [5, 5.41) is 1.59. The molecule has 0 aromatic heterocycles. The molecule has 0 nitrogen and oxygen atoms in total. The third-order valence-electron chi connectivity index (χ3n) is 3.61. The van der Waals surface area contributed by atoms with Crippen molar-refractivity contribution in [3.8, 4) is 0 Å². The molecule has 0 fully saturated rings. The minimum atomic E-state index is 0.795. The minimum Gasteiger partial charge on any atom is -0.0882 e. The van der Waals surface area contributed by atoms with Gasteiger partial charge in [-0.25, -0.2) is 0 Å². The molecule has 0 heterocycles. The summed E-state index contributed by atoms with van der Waals surface area (Å²) in [6.07, 6.45) is 14.4. The van der Waals surface area contributed by atoms with E-state index in [-0.39, 0.29) is 0 Å². The van der Waals surface area contributed by atoms with Gasteiger partial charge in [0.25, 0.3) is 0 Å². The Morgan fingerprint density at radius 1 is 0.565 bits per heavy atom. The largest absolute Gasteiger partial charge is 0.0882 e. The normalized spacial score (nSPS) is 11.6. The van der Waals surface area contributed by atoms with E-state index in [0.29, 0.717) is 0 Å². The fourth-order valence-electron chi connectivity index (χ4n) is 2.27. The molecule has 0 bridgehead atoms. The Morgan fingerprint density at radius 3 is 1.35 bits per heavy atom. The molecule has 2 aromatic carbocycles. The number of rotatable bonds is 8. The number of halogens is 2. The molecule has 0 N–H and O–H groups in total. The summed E-state index contributed by atoms with van der Waals surface area (Å²) in [5.74, 6) is 0. The molecule has 0 saturated carbocycles. The van der Waals surface area contributed by atoms with E-state index in [4.69, 9.17) is 23.2 Å². The zero-order valence-electron chi connectivity index (χ0n) is 13.2. The number of hydrogen-bond acceptors (Lipinski definition) is 0. The van der Waals surface area contributed by atoms with Crippen LogP contribution in [0, 0.1) is 0 Å². The molecule has 120 valence electrons. The molecular weight excluding hydrogens is 323 g/mol. The van der Waals surface area contributed by atoms with Gasteiger partial charge in [-0.05, 0) is 67.5 Å². The monoisotopic (exact) mass is 344 g/mol. The summed E-state index contributed by atoms with van der Waals surface area (Å²) < 4.78 is 0. The highest BCUT2D eigenvalue weighted by atomic mass is 35.5. The Kier molecular flexibility index (Phi) is 8.00. The smallest absolute Gasteiger partial charge is 0.0406 e. The van der Waals surface area contributed by atoms with E-state index in [2.05, 4.69) is 48.6 Å². The molecule has 0 aliphatic rings. The summed E-state index contributed by atoms with van der Waals surface area (Å²) in [4.78, 5) is 0. The maximum absolute atomic E-state index is 5.87. The van der Waals surface area contributed by atoms with Gasteiger partial charge in [-0.2, -0.15) is 0 Å². The van der Waals surface area contributed by atoms with Crippen LogP contribution >= 0.6 is 23.2 Å². The topological polar surface area (TPSA) is 0 Å². The maximum atomic E-state index is 5.87. The van der Waals surface area contributed by atoms with Crippen LogP contribution in [0.5, 0.6) is 0 Å². The molecule has 0 unspecified atom stereocenters. The molecule has 0 aliphatic carbocycles. The van der Waals surface area contributed by atoms with Gasteiger partial charge in [0, 0.05) is 10.0 Å². The first-order valence-corrected chi connectivity index (χ1v) is 8.78. The van der Waals surface area contributed by atoms with E-state index < -0.39 is 0 Å². The quantitative estimate of drug-likeness (QED) is 0.355. The first kappa shape index (κ1) is 17.8. The van der Waals surface area contributed by atoms with Gasteiger partial charge in [0.1, 0.15) is 0 Å². The van der Waals surface area contributed by atoms with Crippen molar-refractivity contribution in [2.24, 2.45) is 0 Å². The van der Waals surface area contributed by atoms with E-state index in [9.17, 15) is 0 Å². The van der Waals surface area contributed by atoms with Crippen molar-refractivity contribution in [3.63, 3.8) is 0 Å². The second kappa shape index (κ2) is 10.3. The SMILES string of the molecule is Clc1ccc(C/C=C/CCC/C=C/Cc2ccc(Cl)cc2)cc1. The van der Waals surface area contributed by atoms with E-state index in [0.717, 1.165) is 35.7 Å². The summed E-state index contributed by atoms with van der Waals surface area (Å²) >= 11 is 11.7.